The Labute approximate surface area is 150 Å². The summed E-state index contributed by atoms with van der Waals surface area (Å²) in [6.45, 7) is 0. The first kappa shape index (κ1) is 18.6. The molecule has 9 nitrogen and oxygen atoms in total. The average Bonchev–Trinajstić information content (AvgIpc) is 3.17. The lowest BCUT2D eigenvalue weighted by atomic mass is 10.1. The second kappa shape index (κ2) is 7.86. The van der Waals surface area contributed by atoms with Gasteiger partial charge in [-0.05, 0) is 29.6 Å². The van der Waals surface area contributed by atoms with Crippen LogP contribution < -0.4 is 10.6 Å². The maximum absolute atomic E-state index is 12.6. The van der Waals surface area contributed by atoms with Crippen LogP contribution >= 0.6 is 12.4 Å². The molecule has 25 heavy (non-hydrogen) atoms. The monoisotopic (exact) mass is 362 g/mol. The molecule has 0 aliphatic heterocycles. The second-order valence-corrected chi connectivity index (χ2v) is 5.37. The summed E-state index contributed by atoms with van der Waals surface area (Å²) < 4.78 is 3.24. The summed E-state index contributed by atoms with van der Waals surface area (Å²) >= 11 is 0. The highest BCUT2D eigenvalue weighted by molar-refractivity contribution is 5.95. The van der Waals surface area contributed by atoms with Crippen LogP contribution in [0.15, 0.2) is 36.7 Å². The van der Waals surface area contributed by atoms with Gasteiger partial charge in [-0.2, -0.15) is 5.10 Å². The molecule has 0 radical (unpaired) electrons. The molecule has 0 saturated carbocycles. The number of amides is 1. The van der Waals surface area contributed by atoms with Crippen LogP contribution in [0.3, 0.4) is 0 Å². The van der Waals surface area contributed by atoms with E-state index < -0.39 is 6.04 Å². The number of carbonyl (C=O) groups excluding carboxylic acids is 1. The summed E-state index contributed by atoms with van der Waals surface area (Å²) in [4.78, 5) is 12.6. The minimum Gasteiger partial charge on any atom is -0.324 e. The number of likely N-dealkylation sites (N-methyl/N-ethyl adjacent to an activating group) is 1. The minimum absolute atomic E-state index is 0. The lowest BCUT2D eigenvalue weighted by molar-refractivity contribution is -0.118. The van der Waals surface area contributed by atoms with Gasteiger partial charge in [0.15, 0.2) is 5.82 Å². The van der Waals surface area contributed by atoms with Crippen LogP contribution in [-0.2, 0) is 18.9 Å². The molecule has 132 valence electrons. The van der Waals surface area contributed by atoms with Crippen molar-refractivity contribution in [3.63, 3.8) is 0 Å². The van der Waals surface area contributed by atoms with Crippen LogP contribution in [-0.4, -0.2) is 42.9 Å². The smallest absolute Gasteiger partial charge is 0.246 e. The number of aromatic nitrogens is 6. The number of benzene rings is 1. The third-order valence-electron chi connectivity index (χ3n) is 3.62. The highest BCUT2D eigenvalue weighted by atomic mass is 35.5. The van der Waals surface area contributed by atoms with Crippen LogP contribution in [0.1, 0.15) is 11.6 Å². The Morgan fingerprint density at radius 2 is 2.08 bits per heavy atom. The molecule has 2 heterocycles. The van der Waals surface area contributed by atoms with E-state index in [1.54, 1.807) is 29.7 Å². The van der Waals surface area contributed by atoms with Crippen molar-refractivity contribution in [3.05, 3.63) is 42.2 Å². The van der Waals surface area contributed by atoms with Crippen molar-refractivity contribution in [2.24, 2.45) is 14.1 Å². The van der Waals surface area contributed by atoms with Gasteiger partial charge in [0.05, 0.1) is 6.20 Å². The molecule has 0 aliphatic carbocycles. The summed E-state index contributed by atoms with van der Waals surface area (Å²) in [6, 6.07) is 6.90. The molecule has 3 aromatic rings. The first-order valence-electron chi connectivity index (χ1n) is 7.38. The predicted molar refractivity (Wildman–Crippen MR) is 95.1 cm³/mol. The number of aryl methyl sites for hydroxylation is 2. The number of halogens is 1. The van der Waals surface area contributed by atoms with Crippen molar-refractivity contribution in [1.29, 1.82) is 0 Å². The van der Waals surface area contributed by atoms with E-state index in [2.05, 4.69) is 31.3 Å². The van der Waals surface area contributed by atoms with Crippen LogP contribution in [0.2, 0.25) is 0 Å². The number of hydrogen-bond acceptors (Lipinski definition) is 6. The molecule has 1 aromatic carbocycles. The number of tetrazole rings is 1. The van der Waals surface area contributed by atoms with Gasteiger partial charge in [0.2, 0.25) is 5.91 Å². The third-order valence-corrected chi connectivity index (χ3v) is 3.62. The van der Waals surface area contributed by atoms with Gasteiger partial charge < -0.3 is 10.6 Å². The molecule has 0 bridgehead atoms. The zero-order valence-corrected chi connectivity index (χ0v) is 14.9. The van der Waals surface area contributed by atoms with Gasteiger partial charge >= 0.3 is 0 Å². The number of carbonyl (C=O) groups is 1. The van der Waals surface area contributed by atoms with Crippen LogP contribution in [0.5, 0.6) is 0 Å². The standard InChI is InChI=1S/C15H18N8O.ClH/c1-16-13(11-8-17-22(2)9-11)15(24)18-12-6-4-5-10(7-12)14-19-20-21-23(14)3;/h4-9,13,16H,1-3H3,(H,18,24);1H. The summed E-state index contributed by atoms with van der Waals surface area (Å²) in [7, 11) is 5.31. The molecule has 2 N–H and O–H groups in total. The van der Waals surface area contributed by atoms with Crippen molar-refractivity contribution in [3.8, 4) is 11.4 Å². The normalized spacial score (nSPS) is 11.6. The number of nitrogens with zero attached hydrogens (tertiary/aromatic N) is 6. The molecular formula is C15H19ClN8O. The Morgan fingerprint density at radius 3 is 2.68 bits per heavy atom. The molecule has 2 aromatic heterocycles. The molecule has 0 fully saturated rings. The maximum Gasteiger partial charge on any atom is 0.246 e. The fourth-order valence-electron chi connectivity index (χ4n) is 2.46. The summed E-state index contributed by atoms with van der Waals surface area (Å²) in [5, 5.41) is 21.4. The molecule has 1 atom stereocenters. The van der Waals surface area contributed by atoms with E-state index in [4.69, 9.17) is 0 Å². The fourth-order valence-corrected chi connectivity index (χ4v) is 2.46. The van der Waals surface area contributed by atoms with Crippen molar-refractivity contribution in [2.45, 2.75) is 6.04 Å². The van der Waals surface area contributed by atoms with Crippen LogP contribution in [0.4, 0.5) is 5.69 Å². The van der Waals surface area contributed by atoms with Gasteiger partial charge in [-0.3, -0.25) is 9.48 Å². The Balaban J connectivity index is 0.00000225. The van der Waals surface area contributed by atoms with E-state index in [-0.39, 0.29) is 18.3 Å². The summed E-state index contributed by atoms with van der Waals surface area (Å²) in [5.74, 6) is 0.460. The largest absolute Gasteiger partial charge is 0.324 e. The summed E-state index contributed by atoms with van der Waals surface area (Å²) in [5.41, 5.74) is 2.29. The van der Waals surface area contributed by atoms with Crippen LogP contribution in [0, 0.1) is 0 Å². The molecule has 0 spiro atoms. The van der Waals surface area contributed by atoms with Crippen LogP contribution in [0.25, 0.3) is 11.4 Å². The Bertz CT molecular complexity index is 859. The van der Waals surface area contributed by atoms with E-state index in [9.17, 15) is 4.79 Å². The van der Waals surface area contributed by atoms with Crippen molar-refractivity contribution in [2.75, 3.05) is 12.4 Å². The Morgan fingerprint density at radius 1 is 1.28 bits per heavy atom. The first-order valence-corrected chi connectivity index (χ1v) is 7.38. The number of nitrogens with one attached hydrogen (secondary N) is 2. The molecule has 1 unspecified atom stereocenters. The van der Waals surface area contributed by atoms with Gasteiger partial charge in [0, 0.05) is 37.1 Å². The SMILES string of the molecule is CNC(C(=O)Nc1cccc(-c2nnnn2C)c1)c1cnn(C)c1.Cl. The van der Waals surface area contributed by atoms with Crippen molar-refractivity contribution >= 4 is 24.0 Å². The van der Waals surface area contributed by atoms with E-state index in [1.807, 2.05) is 37.5 Å². The second-order valence-electron chi connectivity index (χ2n) is 5.37. The highest BCUT2D eigenvalue weighted by Crippen LogP contribution is 2.21. The third kappa shape index (κ3) is 4.01. The minimum atomic E-state index is -0.487. The maximum atomic E-state index is 12.6. The Kier molecular flexibility index (Phi) is 5.84. The lowest BCUT2D eigenvalue weighted by Crippen LogP contribution is -2.30. The first-order chi connectivity index (χ1) is 11.6. The summed E-state index contributed by atoms with van der Waals surface area (Å²) in [6.07, 6.45) is 3.48. The molecule has 0 saturated heterocycles. The number of hydrogen-bond donors (Lipinski definition) is 2. The highest BCUT2D eigenvalue weighted by Gasteiger charge is 2.20. The molecule has 0 aliphatic rings. The van der Waals surface area contributed by atoms with Gasteiger partial charge in [0.25, 0.3) is 0 Å². The topological polar surface area (TPSA) is 103 Å². The van der Waals surface area contributed by atoms with Crippen molar-refractivity contribution < 1.29 is 4.79 Å². The van der Waals surface area contributed by atoms with Gasteiger partial charge in [0.1, 0.15) is 6.04 Å². The van der Waals surface area contributed by atoms with Gasteiger partial charge in [-0.15, -0.1) is 17.5 Å². The predicted octanol–water partition coefficient (Wildman–Crippen LogP) is 0.932. The number of anilines is 1. The molecule has 1 amide bonds. The van der Waals surface area contributed by atoms with E-state index in [1.165, 1.54) is 0 Å². The molecule has 3 rings (SSSR count). The number of rotatable bonds is 5. The molecular weight excluding hydrogens is 344 g/mol. The zero-order valence-electron chi connectivity index (χ0n) is 14.0. The lowest BCUT2D eigenvalue weighted by Gasteiger charge is -2.15. The van der Waals surface area contributed by atoms with E-state index >= 15 is 0 Å². The van der Waals surface area contributed by atoms with Gasteiger partial charge in [-0.25, -0.2) is 4.68 Å². The van der Waals surface area contributed by atoms with E-state index in [0.29, 0.717) is 11.5 Å². The quantitative estimate of drug-likeness (QED) is 0.700. The Hall–Kier alpha value is -2.78. The fraction of sp³-hybridized carbons (Fsp3) is 0.267. The van der Waals surface area contributed by atoms with Gasteiger partial charge in [-0.1, -0.05) is 12.1 Å². The molecule has 10 heteroatoms. The van der Waals surface area contributed by atoms with Crippen molar-refractivity contribution in [1.82, 2.24) is 35.3 Å². The zero-order chi connectivity index (χ0) is 17.1. The average molecular weight is 363 g/mol. The van der Waals surface area contributed by atoms with E-state index in [0.717, 1.165) is 11.1 Å².